The molecule has 0 amide bonds. The summed E-state index contributed by atoms with van der Waals surface area (Å²) in [4.78, 5) is 15.1. The molecule has 1 aliphatic heterocycles. The first-order chi connectivity index (χ1) is 13.0. The van der Waals surface area contributed by atoms with E-state index in [0.29, 0.717) is 5.11 Å². The van der Waals surface area contributed by atoms with Gasteiger partial charge in [0, 0.05) is 22.9 Å². The smallest absolute Gasteiger partial charge is 0.175 e. The Labute approximate surface area is 165 Å². The second-order valence-electron chi connectivity index (χ2n) is 6.83. The molecule has 0 aromatic heterocycles. The van der Waals surface area contributed by atoms with Crippen molar-refractivity contribution in [3.63, 3.8) is 0 Å². The van der Waals surface area contributed by atoms with Crippen LogP contribution in [0.2, 0.25) is 0 Å². The Balaban J connectivity index is 1.61. The summed E-state index contributed by atoms with van der Waals surface area (Å²) in [6.07, 6.45) is 1.84. The molecule has 1 aliphatic rings. The van der Waals surface area contributed by atoms with Gasteiger partial charge >= 0.3 is 0 Å². The molecule has 1 fully saturated rings. The second kappa shape index (κ2) is 8.97. The van der Waals surface area contributed by atoms with Crippen molar-refractivity contribution < 1.29 is 9.53 Å². The number of piperidine rings is 1. The lowest BCUT2D eigenvalue weighted by molar-refractivity contribution is 0.0857. The Bertz CT molecular complexity index is 799. The van der Waals surface area contributed by atoms with E-state index in [2.05, 4.69) is 22.6 Å². The average molecular weight is 384 g/mol. The van der Waals surface area contributed by atoms with Crippen LogP contribution in [0.3, 0.4) is 0 Å². The van der Waals surface area contributed by atoms with Crippen molar-refractivity contribution in [1.29, 1.82) is 0 Å². The van der Waals surface area contributed by atoms with Crippen LogP contribution < -0.4 is 15.4 Å². The fourth-order valence-electron chi connectivity index (χ4n) is 3.22. The number of carbonyl (C=O) groups excluding carboxylic acids is 1. The summed E-state index contributed by atoms with van der Waals surface area (Å²) in [5.41, 5.74) is 2.41. The van der Waals surface area contributed by atoms with Gasteiger partial charge in [-0.25, -0.2) is 0 Å². The zero-order valence-electron chi connectivity index (χ0n) is 15.7. The molecule has 6 heteroatoms. The summed E-state index contributed by atoms with van der Waals surface area (Å²) >= 11 is 5.38. The Morgan fingerprint density at radius 1 is 1.07 bits per heavy atom. The van der Waals surface area contributed by atoms with E-state index >= 15 is 0 Å². The van der Waals surface area contributed by atoms with Gasteiger partial charge in [0.1, 0.15) is 5.75 Å². The molecule has 2 N–H and O–H groups in total. The average Bonchev–Trinajstić information content (AvgIpc) is 2.69. The topological polar surface area (TPSA) is 53.6 Å². The minimum Gasteiger partial charge on any atom is -0.497 e. The fraction of sp³-hybridized carbons (Fsp3) is 0.333. The van der Waals surface area contributed by atoms with E-state index in [1.54, 1.807) is 7.11 Å². The molecule has 0 spiro atoms. The molecule has 5 nitrogen and oxygen atoms in total. The molecule has 2 aromatic carbocycles. The van der Waals surface area contributed by atoms with E-state index in [9.17, 15) is 4.79 Å². The van der Waals surface area contributed by atoms with Gasteiger partial charge in [0.05, 0.1) is 7.11 Å². The monoisotopic (exact) mass is 383 g/mol. The van der Waals surface area contributed by atoms with Gasteiger partial charge in [-0.3, -0.25) is 4.79 Å². The fourth-order valence-corrected chi connectivity index (χ4v) is 3.46. The van der Waals surface area contributed by atoms with Gasteiger partial charge in [-0.15, -0.1) is 0 Å². The van der Waals surface area contributed by atoms with Gasteiger partial charge in [0.15, 0.2) is 10.9 Å². The van der Waals surface area contributed by atoms with Gasteiger partial charge in [0.2, 0.25) is 0 Å². The van der Waals surface area contributed by atoms with Crippen LogP contribution in [0.1, 0.15) is 23.2 Å². The molecule has 0 atom stereocenters. The summed E-state index contributed by atoms with van der Waals surface area (Å²) in [6, 6.07) is 15.1. The van der Waals surface area contributed by atoms with Crippen LogP contribution in [0.15, 0.2) is 48.5 Å². The number of ether oxygens (including phenoxy) is 1. The number of nitrogens with zero attached hydrogens (tertiary/aromatic N) is 1. The molecule has 0 bridgehead atoms. The number of nitrogens with one attached hydrogen (secondary N) is 2. The number of carbonyl (C=O) groups is 1. The molecule has 142 valence electrons. The minimum atomic E-state index is 0.112. The molecular formula is C21H25N3O2S. The Morgan fingerprint density at radius 2 is 1.74 bits per heavy atom. The number of hydrogen-bond acceptors (Lipinski definition) is 4. The highest BCUT2D eigenvalue weighted by molar-refractivity contribution is 7.80. The van der Waals surface area contributed by atoms with Gasteiger partial charge in [-0.2, -0.15) is 0 Å². The summed E-state index contributed by atoms with van der Waals surface area (Å²) in [5.74, 6) is 1.13. The SMILES string of the molecule is COc1ccc(NC(=S)Nc2cccc(C(=O)C3CCN(C)CC3)c2)cc1. The predicted molar refractivity (Wildman–Crippen MR) is 114 cm³/mol. The zero-order chi connectivity index (χ0) is 19.2. The molecule has 3 rings (SSSR count). The van der Waals surface area contributed by atoms with E-state index < -0.39 is 0 Å². The quantitative estimate of drug-likeness (QED) is 0.601. The van der Waals surface area contributed by atoms with Crippen LogP contribution in [0.25, 0.3) is 0 Å². The maximum Gasteiger partial charge on any atom is 0.175 e. The lowest BCUT2D eigenvalue weighted by atomic mass is 9.89. The third-order valence-electron chi connectivity index (χ3n) is 4.84. The van der Waals surface area contributed by atoms with Crippen LogP contribution in [0.4, 0.5) is 11.4 Å². The van der Waals surface area contributed by atoms with Crippen molar-refractivity contribution in [2.24, 2.45) is 5.92 Å². The molecule has 1 heterocycles. The first-order valence-electron chi connectivity index (χ1n) is 9.10. The number of Topliss-reactive ketones (excluding diaryl/α,β-unsaturated/α-hetero) is 1. The number of thiocarbonyl (C=S) groups is 1. The van der Waals surface area contributed by atoms with Crippen molar-refractivity contribution in [3.8, 4) is 5.75 Å². The first kappa shape index (κ1) is 19.3. The summed E-state index contributed by atoms with van der Waals surface area (Å²) in [5, 5.41) is 6.76. The first-order valence-corrected chi connectivity index (χ1v) is 9.51. The Kier molecular flexibility index (Phi) is 6.42. The summed E-state index contributed by atoms with van der Waals surface area (Å²) < 4.78 is 5.15. The van der Waals surface area contributed by atoms with E-state index in [-0.39, 0.29) is 11.7 Å². The molecule has 1 saturated heterocycles. The third kappa shape index (κ3) is 5.28. The van der Waals surface area contributed by atoms with E-state index in [1.807, 2.05) is 48.5 Å². The van der Waals surface area contributed by atoms with E-state index in [0.717, 1.165) is 48.6 Å². The van der Waals surface area contributed by atoms with Gasteiger partial charge in [-0.05, 0) is 81.6 Å². The third-order valence-corrected chi connectivity index (χ3v) is 5.05. The van der Waals surface area contributed by atoms with Crippen LogP contribution in [0, 0.1) is 5.92 Å². The van der Waals surface area contributed by atoms with Gasteiger partial charge in [-0.1, -0.05) is 12.1 Å². The van der Waals surface area contributed by atoms with Gasteiger partial charge in [0.25, 0.3) is 0 Å². The predicted octanol–water partition coefficient (Wildman–Crippen LogP) is 4.03. The van der Waals surface area contributed by atoms with Crippen LogP contribution in [-0.4, -0.2) is 43.0 Å². The van der Waals surface area contributed by atoms with Gasteiger partial charge < -0.3 is 20.3 Å². The van der Waals surface area contributed by atoms with Crippen molar-refractivity contribution in [3.05, 3.63) is 54.1 Å². The number of likely N-dealkylation sites (tertiary alicyclic amines) is 1. The van der Waals surface area contributed by atoms with Crippen molar-refractivity contribution in [2.45, 2.75) is 12.8 Å². The number of benzene rings is 2. The van der Waals surface area contributed by atoms with Crippen molar-refractivity contribution in [2.75, 3.05) is 37.9 Å². The number of ketones is 1. The zero-order valence-corrected chi connectivity index (χ0v) is 16.5. The lowest BCUT2D eigenvalue weighted by Gasteiger charge is -2.28. The number of methoxy groups -OCH3 is 1. The van der Waals surface area contributed by atoms with Crippen LogP contribution >= 0.6 is 12.2 Å². The molecule has 2 aromatic rings. The highest BCUT2D eigenvalue weighted by Crippen LogP contribution is 2.23. The molecule has 0 radical (unpaired) electrons. The highest BCUT2D eigenvalue weighted by atomic mass is 32.1. The molecule has 0 aliphatic carbocycles. The largest absolute Gasteiger partial charge is 0.497 e. The Hall–Kier alpha value is -2.44. The molecule has 0 unspecified atom stereocenters. The lowest BCUT2D eigenvalue weighted by Crippen LogP contribution is -2.33. The highest BCUT2D eigenvalue weighted by Gasteiger charge is 2.24. The standard InChI is InChI=1S/C21H25N3O2S/c1-24-12-10-15(11-13-24)20(25)16-4-3-5-18(14-16)23-21(27)22-17-6-8-19(26-2)9-7-17/h3-9,14-15H,10-13H2,1-2H3,(H2,22,23,27). The van der Waals surface area contributed by atoms with Crippen molar-refractivity contribution in [1.82, 2.24) is 4.90 Å². The number of anilines is 2. The van der Waals surface area contributed by atoms with E-state index in [1.165, 1.54) is 0 Å². The minimum absolute atomic E-state index is 0.112. The Morgan fingerprint density at radius 3 is 2.41 bits per heavy atom. The number of hydrogen-bond donors (Lipinski definition) is 2. The normalized spacial score (nSPS) is 15.2. The van der Waals surface area contributed by atoms with Crippen LogP contribution in [0.5, 0.6) is 5.75 Å². The van der Waals surface area contributed by atoms with Crippen LogP contribution in [-0.2, 0) is 0 Å². The maximum absolute atomic E-state index is 12.8. The summed E-state index contributed by atoms with van der Waals surface area (Å²) in [6.45, 7) is 1.95. The van der Waals surface area contributed by atoms with E-state index in [4.69, 9.17) is 17.0 Å². The molecule has 27 heavy (non-hydrogen) atoms. The second-order valence-corrected chi connectivity index (χ2v) is 7.24. The molecule has 0 saturated carbocycles. The van der Waals surface area contributed by atoms with Crippen molar-refractivity contribution >= 4 is 34.5 Å². The number of rotatable bonds is 5. The maximum atomic E-state index is 12.8. The summed E-state index contributed by atoms with van der Waals surface area (Å²) in [7, 11) is 3.73. The molecular weight excluding hydrogens is 358 g/mol.